The molecule has 5 amide bonds. The fourth-order valence-electron chi connectivity index (χ4n) is 2.85. The number of azide groups is 1. The molecule has 13 heteroatoms. The number of unbranched alkanes of at least 4 members (excludes halogenated alkanes) is 1. The van der Waals surface area contributed by atoms with E-state index < -0.39 is 23.1 Å². The van der Waals surface area contributed by atoms with Gasteiger partial charge in [-0.3, -0.25) is 28.9 Å². The van der Waals surface area contributed by atoms with Gasteiger partial charge < -0.3 is 16.0 Å². The predicted octanol–water partition coefficient (Wildman–Crippen LogP) is -0.305. The summed E-state index contributed by atoms with van der Waals surface area (Å²) in [4.78, 5) is 63.1. The molecule has 1 aliphatic rings. The van der Waals surface area contributed by atoms with Crippen LogP contribution < -0.4 is 16.0 Å². The second-order valence-electron chi connectivity index (χ2n) is 6.53. The van der Waals surface area contributed by atoms with Gasteiger partial charge >= 0.3 is 0 Å². The number of likely N-dealkylation sites (N-methyl/N-ethyl adjacent to an activating group) is 1. The highest BCUT2D eigenvalue weighted by atomic mass is 32.2. The summed E-state index contributed by atoms with van der Waals surface area (Å²) in [6.07, 6.45) is 3.29. The van der Waals surface area contributed by atoms with Crippen molar-refractivity contribution in [1.29, 1.82) is 0 Å². The van der Waals surface area contributed by atoms with Crippen molar-refractivity contribution in [3.8, 4) is 0 Å². The van der Waals surface area contributed by atoms with Crippen molar-refractivity contribution in [1.82, 2.24) is 20.9 Å². The Kier molecular flexibility index (Phi) is 11.3. The third-order valence-corrected chi connectivity index (χ3v) is 5.40. The fourth-order valence-corrected chi connectivity index (χ4v) is 3.49. The maximum atomic E-state index is 12.2. The maximum Gasteiger partial charge on any atom is 0.242 e. The van der Waals surface area contributed by atoms with E-state index in [1.54, 1.807) is 6.26 Å². The first-order valence-electron chi connectivity index (χ1n) is 9.49. The van der Waals surface area contributed by atoms with Crippen LogP contribution in [-0.4, -0.2) is 78.7 Å². The lowest BCUT2D eigenvalue weighted by molar-refractivity contribution is -0.139. The number of hydrogen-bond donors (Lipinski definition) is 3. The minimum absolute atomic E-state index is 0.0156. The van der Waals surface area contributed by atoms with E-state index in [0.717, 1.165) is 4.90 Å². The first-order valence-corrected chi connectivity index (χ1v) is 10.8. The molecule has 0 aliphatic carbocycles. The van der Waals surface area contributed by atoms with E-state index in [2.05, 4.69) is 26.0 Å². The summed E-state index contributed by atoms with van der Waals surface area (Å²) < 4.78 is 0. The number of carbonyl (C=O) groups is 5. The number of likely N-dealkylation sites (tertiary alicyclic amines) is 1. The van der Waals surface area contributed by atoms with Crippen molar-refractivity contribution in [3.63, 3.8) is 0 Å². The summed E-state index contributed by atoms with van der Waals surface area (Å²) >= 11 is 1.31. The van der Waals surface area contributed by atoms with Gasteiger partial charge in [0.2, 0.25) is 29.5 Å². The van der Waals surface area contributed by atoms with Gasteiger partial charge in [0.25, 0.3) is 0 Å². The molecule has 30 heavy (non-hydrogen) atoms. The monoisotopic (exact) mass is 441 g/mol. The van der Waals surface area contributed by atoms with Crippen LogP contribution in [0.2, 0.25) is 0 Å². The van der Waals surface area contributed by atoms with Crippen LogP contribution in [-0.2, 0) is 24.0 Å². The molecule has 1 fully saturated rings. The van der Waals surface area contributed by atoms with Gasteiger partial charge in [-0.25, -0.2) is 0 Å². The highest BCUT2D eigenvalue weighted by Crippen LogP contribution is 2.23. The molecule has 0 aromatic heterocycles. The number of hydrogen-bond acceptors (Lipinski definition) is 7. The van der Waals surface area contributed by atoms with Crippen molar-refractivity contribution < 1.29 is 24.0 Å². The number of thioether (sulfide) groups is 1. The van der Waals surface area contributed by atoms with Gasteiger partial charge in [-0.1, -0.05) is 5.11 Å². The molecular weight excluding hydrogens is 414 g/mol. The molecule has 0 aromatic carbocycles. The number of nitrogens with one attached hydrogen (secondary N) is 3. The lowest BCUT2D eigenvalue weighted by Crippen LogP contribution is -2.46. The lowest BCUT2D eigenvalue weighted by atomic mass is 10.1. The van der Waals surface area contributed by atoms with Crippen LogP contribution in [0.4, 0.5) is 0 Å². The van der Waals surface area contributed by atoms with Gasteiger partial charge in [-0.2, -0.15) is 11.8 Å². The Morgan fingerprint density at radius 3 is 2.63 bits per heavy atom. The Labute approximate surface area is 178 Å². The zero-order chi connectivity index (χ0) is 22.5. The summed E-state index contributed by atoms with van der Waals surface area (Å²) in [5.41, 5.74) is 8.15. The Morgan fingerprint density at radius 2 is 2.03 bits per heavy atom. The minimum Gasteiger partial charge on any atom is -0.357 e. The number of nitrogens with zero attached hydrogens (tertiary/aromatic N) is 4. The molecule has 1 aliphatic heterocycles. The zero-order valence-corrected chi connectivity index (χ0v) is 17.9. The van der Waals surface area contributed by atoms with Crippen LogP contribution in [0.15, 0.2) is 5.11 Å². The fraction of sp³-hybridized carbons (Fsp3) is 0.706. The SMILES string of the molecule is CNC(=O)[C@H](CCCCNC(=O)CN=[N+]=[N-])NC(=O)CCN1C(=O)CC(SC)C1=O. The standard InChI is InChI=1S/C17H27N7O5S/c1-19-16(28)11(5-3-4-7-20-14(26)10-21-23-18)22-13(25)6-8-24-15(27)9-12(30-2)17(24)29/h11-12H,3-10H2,1-2H3,(H,19,28)(H,20,26)(H,22,25)/t11-,12?/m0/s1. The molecule has 0 bridgehead atoms. The second kappa shape index (κ2) is 13.4. The lowest BCUT2D eigenvalue weighted by Gasteiger charge is -2.19. The quantitative estimate of drug-likeness (QED) is 0.116. The van der Waals surface area contributed by atoms with Crippen molar-refractivity contribution in [2.45, 2.75) is 43.4 Å². The van der Waals surface area contributed by atoms with Crippen LogP contribution in [0.5, 0.6) is 0 Å². The smallest absolute Gasteiger partial charge is 0.242 e. The molecule has 0 aromatic rings. The molecule has 1 rings (SSSR count). The predicted molar refractivity (Wildman–Crippen MR) is 110 cm³/mol. The number of imide groups is 1. The van der Waals surface area contributed by atoms with Crippen LogP contribution in [0.25, 0.3) is 10.4 Å². The Morgan fingerprint density at radius 1 is 1.30 bits per heavy atom. The van der Waals surface area contributed by atoms with E-state index in [9.17, 15) is 24.0 Å². The normalized spacial score (nSPS) is 16.6. The van der Waals surface area contributed by atoms with Gasteiger partial charge in [-0.15, -0.1) is 0 Å². The van der Waals surface area contributed by atoms with Gasteiger partial charge in [0, 0.05) is 37.9 Å². The van der Waals surface area contributed by atoms with Crippen LogP contribution >= 0.6 is 11.8 Å². The van der Waals surface area contributed by atoms with Crippen molar-refractivity contribution in [3.05, 3.63) is 10.4 Å². The molecule has 0 spiro atoms. The average Bonchev–Trinajstić information content (AvgIpc) is 3.01. The zero-order valence-electron chi connectivity index (χ0n) is 17.0. The molecule has 1 saturated heterocycles. The average molecular weight is 442 g/mol. The van der Waals surface area contributed by atoms with Crippen LogP contribution in [0.1, 0.15) is 32.1 Å². The van der Waals surface area contributed by atoms with Gasteiger partial charge in [-0.05, 0) is 31.0 Å². The first-order chi connectivity index (χ1) is 14.3. The topological polar surface area (TPSA) is 173 Å². The molecule has 3 N–H and O–H groups in total. The molecule has 0 radical (unpaired) electrons. The largest absolute Gasteiger partial charge is 0.357 e. The summed E-state index contributed by atoms with van der Waals surface area (Å²) in [5, 5.41) is 10.4. The summed E-state index contributed by atoms with van der Waals surface area (Å²) in [7, 11) is 1.46. The first kappa shape index (κ1) is 25.2. The van der Waals surface area contributed by atoms with Crippen LogP contribution in [0.3, 0.4) is 0 Å². The van der Waals surface area contributed by atoms with E-state index in [0.29, 0.717) is 25.8 Å². The second-order valence-corrected chi connectivity index (χ2v) is 7.57. The maximum absolute atomic E-state index is 12.2. The Bertz CT molecular complexity index is 711. The van der Waals surface area contributed by atoms with Crippen LogP contribution in [0, 0.1) is 0 Å². The van der Waals surface area contributed by atoms with Gasteiger partial charge in [0.1, 0.15) is 12.6 Å². The highest BCUT2D eigenvalue weighted by molar-refractivity contribution is 8.00. The van der Waals surface area contributed by atoms with E-state index in [-0.39, 0.29) is 43.7 Å². The third kappa shape index (κ3) is 8.29. The molecule has 0 saturated carbocycles. The van der Waals surface area contributed by atoms with Gasteiger partial charge in [0.15, 0.2) is 0 Å². The van der Waals surface area contributed by atoms with Crippen molar-refractivity contribution >= 4 is 41.3 Å². The molecule has 1 heterocycles. The number of carbonyl (C=O) groups excluding carboxylic acids is 5. The van der Waals surface area contributed by atoms with E-state index >= 15 is 0 Å². The van der Waals surface area contributed by atoms with Gasteiger partial charge in [0.05, 0.1) is 5.25 Å². The minimum atomic E-state index is -0.759. The summed E-state index contributed by atoms with van der Waals surface area (Å²) in [6.45, 7) is 0.0648. The molecule has 2 atom stereocenters. The summed E-state index contributed by atoms with van der Waals surface area (Å²) in [6, 6.07) is -0.759. The van der Waals surface area contributed by atoms with E-state index in [4.69, 9.17) is 5.53 Å². The Balaban J connectivity index is 2.41. The van der Waals surface area contributed by atoms with Crippen molar-refractivity contribution in [2.75, 3.05) is 32.9 Å². The number of rotatable bonds is 13. The highest BCUT2D eigenvalue weighted by Gasteiger charge is 2.37. The molecule has 166 valence electrons. The molecule has 12 nitrogen and oxygen atoms in total. The molecule has 1 unspecified atom stereocenters. The van der Waals surface area contributed by atoms with Crippen molar-refractivity contribution in [2.24, 2.45) is 5.11 Å². The van der Waals surface area contributed by atoms with E-state index in [1.807, 2.05) is 0 Å². The van der Waals surface area contributed by atoms with E-state index in [1.165, 1.54) is 18.8 Å². The Hall–Kier alpha value is -2.79. The third-order valence-electron chi connectivity index (χ3n) is 4.47. The number of amides is 5. The molecular formula is C17H27N7O5S. The summed E-state index contributed by atoms with van der Waals surface area (Å²) in [5.74, 6) is -1.76.